The Kier molecular flexibility index (Phi) is 6.10. The number of aromatic nitrogens is 2. The van der Waals surface area contributed by atoms with Gasteiger partial charge < -0.3 is 24.3 Å². The molecule has 0 unspecified atom stereocenters. The molecule has 164 valence electrons. The number of carbonyl (C=O) groups is 1. The van der Waals surface area contributed by atoms with Crippen LogP contribution in [0.5, 0.6) is 11.8 Å². The Morgan fingerprint density at radius 1 is 1.30 bits per heavy atom. The SMILES string of the molecule is CC(=O)N[C@@H](C)CCC1OCC(Oc2nc3c(F)c(OC4CC4)ccc3n2C)CO1. The topological polar surface area (TPSA) is 83.8 Å². The summed E-state index contributed by atoms with van der Waals surface area (Å²) in [6.45, 7) is 4.14. The minimum atomic E-state index is -0.464. The zero-order chi connectivity index (χ0) is 21.3. The minimum Gasteiger partial charge on any atom is -0.487 e. The predicted octanol–water partition coefficient (Wildman–Crippen LogP) is 2.68. The monoisotopic (exact) mass is 421 g/mol. The van der Waals surface area contributed by atoms with Crippen molar-refractivity contribution < 1.29 is 28.1 Å². The molecule has 8 nitrogen and oxygen atoms in total. The summed E-state index contributed by atoms with van der Waals surface area (Å²) in [7, 11) is 1.78. The van der Waals surface area contributed by atoms with Crippen LogP contribution in [0.3, 0.4) is 0 Å². The van der Waals surface area contributed by atoms with Gasteiger partial charge >= 0.3 is 0 Å². The fourth-order valence-electron chi connectivity index (χ4n) is 3.46. The van der Waals surface area contributed by atoms with Crippen LogP contribution in [0.15, 0.2) is 12.1 Å². The molecule has 1 saturated heterocycles. The second kappa shape index (κ2) is 8.77. The molecule has 9 heteroatoms. The molecule has 0 radical (unpaired) electrons. The fraction of sp³-hybridized carbons (Fsp3) is 0.619. The molecule has 1 N–H and O–H groups in total. The largest absolute Gasteiger partial charge is 0.487 e. The smallest absolute Gasteiger partial charge is 0.297 e. The average molecular weight is 421 g/mol. The highest BCUT2D eigenvalue weighted by molar-refractivity contribution is 5.79. The van der Waals surface area contributed by atoms with E-state index in [2.05, 4.69) is 10.3 Å². The molecule has 0 spiro atoms. The number of halogens is 1. The van der Waals surface area contributed by atoms with E-state index in [4.69, 9.17) is 18.9 Å². The first-order chi connectivity index (χ1) is 14.4. The molecule has 30 heavy (non-hydrogen) atoms. The number of hydrogen-bond donors (Lipinski definition) is 1. The summed E-state index contributed by atoms with van der Waals surface area (Å²) >= 11 is 0. The number of benzene rings is 1. The van der Waals surface area contributed by atoms with Gasteiger partial charge in [-0.3, -0.25) is 9.36 Å². The summed E-state index contributed by atoms with van der Waals surface area (Å²) in [6.07, 6.45) is 2.80. The lowest BCUT2D eigenvalue weighted by Crippen LogP contribution is -2.40. The molecule has 1 amide bonds. The lowest BCUT2D eigenvalue weighted by atomic mass is 10.1. The molecule has 1 aliphatic carbocycles. The van der Waals surface area contributed by atoms with Gasteiger partial charge in [0.1, 0.15) is 11.6 Å². The van der Waals surface area contributed by atoms with E-state index in [-0.39, 0.29) is 41.7 Å². The summed E-state index contributed by atoms with van der Waals surface area (Å²) in [5, 5.41) is 2.84. The number of aryl methyl sites for hydroxylation is 1. The summed E-state index contributed by atoms with van der Waals surface area (Å²) in [4.78, 5) is 15.4. The Balaban J connectivity index is 1.33. The Morgan fingerprint density at radius 3 is 2.70 bits per heavy atom. The van der Waals surface area contributed by atoms with E-state index >= 15 is 0 Å². The minimum absolute atomic E-state index is 0.0495. The van der Waals surface area contributed by atoms with Crippen LogP contribution in [0.1, 0.15) is 39.5 Å². The highest BCUT2D eigenvalue weighted by Gasteiger charge is 2.28. The molecule has 1 aromatic heterocycles. The van der Waals surface area contributed by atoms with E-state index in [0.29, 0.717) is 31.2 Å². The van der Waals surface area contributed by atoms with Crippen molar-refractivity contribution in [3.63, 3.8) is 0 Å². The van der Waals surface area contributed by atoms with Crippen LogP contribution in [0.2, 0.25) is 0 Å². The van der Waals surface area contributed by atoms with Crippen molar-refractivity contribution in [3.05, 3.63) is 17.9 Å². The molecule has 2 heterocycles. The van der Waals surface area contributed by atoms with Gasteiger partial charge in [0.2, 0.25) is 5.91 Å². The zero-order valence-corrected chi connectivity index (χ0v) is 17.5. The lowest BCUT2D eigenvalue weighted by Gasteiger charge is -2.30. The third-order valence-electron chi connectivity index (χ3n) is 5.23. The summed E-state index contributed by atoms with van der Waals surface area (Å²) in [5.41, 5.74) is 0.862. The third-order valence-corrected chi connectivity index (χ3v) is 5.23. The van der Waals surface area contributed by atoms with Gasteiger partial charge in [0, 0.05) is 26.4 Å². The maximum atomic E-state index is 14.8. The quantitative estimate of drug-likeness (QED) is 0.706. The van der Waals surface area contributed by atoms with Crippen LogP contribution in [0, 0.1) is 5.82 Å². The van der Waals surface area contributed by atoms with E-state index in [9.17, 15) is 9.18 Å². The number of amides is 1. The van der Waals surface area contributed by atoms with Crippen molar-refractivity contribution >= 4 is 16.9 Å². The first-order valence-electron chi connectivity index (χ1n) is 10.4. The average Bonchev–Trinajstić information content (AvgIpc) is 3.47. The number of fused-ring (bicyclic) bond motifs is 1. The van der Waals surface area contributed by atoms with Gasteiger partial charge in [0.25, 0.3) is 6.01 Å². The maximum absolute atomic E-state index is 14.8. The van der Waals surface area contributed by atoms with Crippen LogP contribution in [-0.2, 0) is 21.3 Å². The number of rotatable bonds is 8. The Bertz CT molecular complexity index is 906. The Labute approximate surface area is 174 Å². The Morgan fingerprint density at radius 2 is 2.03 bits per heavy atom. The highest BCUT2D eigenvalue weighted by Crippen LogP contribution is 2.33. The molecule has 0 bridgehead atoms. The van der Waals surface area contributed by atoms with Crippen LogP contribution < -0.4 is 14.8 Å². The molecule has 2 aromatic rings. The highest BCUT2D eigenvalue weighted by atomic mass is 19.1. The first kappa shape index (κ1) is 20.9. The number of nitrogens with one attached hydrogen (secondary N) is 1. The lowest BCUT2D eigenvalue weighted by molar-refractivity contribution is -0.215. The van der Waals surface area contributed by atoms with Gasteiger partial charge in [-0.25, -0.2) is 4.39 Å². The molecule has 4 rings (SSSR count). The van der Waals surface area contributed by atoms with E-state index in [1.54, 1.807) is 23.7 Å². The van der Waals surface area contributed by atoms with Crippen LogP contribution in [0.25, 0.3) is 11.0 Å². The van der Waals surface area contributed by atoms with Crippen LogP contribution in [-0.4, -0.2) is 53.2 Å². The van der Waals surface area contributed by atoms with Crippen molar-refractivity contribution in [2.24, 2.45) is 7.05 Å². The second-order valence-corrected chi connectivity index (χ2v) is 8.03. The van der Waals surface area contributed by atoms with Crippen LogP contribution in [0.4, 0.5) is 4.39 Å². The molecule has 1 aliphatic heterocycles. The maximum Gasteiger partial charge on any atom is 0.297 e. The number of ether oxygens (including phenoxy) is 4. The van der Waals surface area contributed by atoms with Crippen molar-refractivity contribution in [2.45, 2.75) is 64.1 Å². The normalized spacial score (nSPS) is 22.7. The molecule has 2 aliphatic rings. The summed E-state index contributed by atoms with van der Waals surface area (Å²) in [6, 6.07) is 3.80. The summed E-state index contributed by atoms with van der Waals surface area (Å²) < 4.78 is 39.5. The van der Waals surface area contributed by atoms with E-state index in [1.165, 1.54) is 6.92 Å². The van der Waals surface area contributed by atoms with Gasteiger partial charge in [-0.1, -0.05) is 0 Å². The third kappa shape index (κ3) is 4.84. The van der Waals surface area contributed by atoms with Gasteiger partial charge in [0.15, 0.2) is 17.9 Å². The first-order valence-corrected chi connectivity index (χ1v) is 10.4. The van der Waals surface area contributed by atoms with Crippen molar-refractivity contribution in [3.8, 4) is 11.8 Å². The van der Waals surface area contributed by atoms with E-state index < -0.39 is 5.82 Å². The van der Waals surface area contributed by atoms with Crippen molar-refractivity contribution in [1.82, 2.24) is 14.9 Å². The van der Waals surface area contributed by atoms with Gasteiger partial charge in [-0.15, -0.1) is 0 Å². The number of nitrogens with zero attached hydrogens (tertiary/aromatic N) is 2. The molecular weight excluding hydrogens is 393 g/mol. The fourth-order valence-corrected chi connectivity index (χ4v) is 3.46. The zero-order valence-electron chi connectivity index (χ0n) is 17.5. The van der Waals surface area contributed by atoms with Gasteiger partial charge in [-0.05, 0) is 38.3 Å². The van der Waals surface area contributed by atoms with Crippen molar-refractivity contribution in [2.75, 3.05) is 13.2 Å². The van der Waals surface area contributed by atoms with Gasteiger partial charge in [0.05, 0.1) is 24.8 Å². The molecule has 1 atom stereocenters. The second-order valence-electron chi connectivity index (χ2n) is 8.03. The van der Waals surface area contributed by atoms with Crippen LogP contribution >= 0.6 is 0 Å². The summed E-state index contributed by atoms with van der Waals surface area (Å²) in [5.74, 6) is -0.281. The van der Waals surface area contributed by atoms with E-state index in [1.807, 2.05) is 6.92 Å². The van der Waals surface area contributed by atoms with E-state index in [0.717, 1.165) is 19.3 Å². The number of imidazole rings is 1. The molecular formula is C21H28FN3O5. The number of hydrogen-bond acceptors (Lipinski definition) is 6. The molecule has 1 aromatic carbocycles. The predicted molar refractivity (Wildman–Crippen MR) is 107 cm³/mol. The standard InChI is InChI=1S/C21H28FN3O5/c1-12(23-13(2)26)4-9-18-27-10-15(11-28-18)30-21-24-20-16(25(21)3)7-8-17(19(20)22)29-14-5-6-14/h7-8,12,14-15,18H,4-6,9-11H2,1-3H3,(H,23,26)/t12-,15?,18?/m0/s1. The van der Waals surface area contributed by atoms with Crippen molar-refractivity contribution in [1.29, 1.82) is 0 Å². The molecule has 1 saturated carbocycles. The molecule has 2 fully saturated rings. The van der Waals surface area contributed by atoms with Gasteiger partial charge in [-0.2, -0.15) is 4.98 Å². The number of carbonyl (C=O) groups excluding carboxylic acids is 1. The Hall–Kier alpha value is -2.39.